The molecule has 0 fully saturated rings. The molecule has 0 aliphatic rings. The number of aromatic nitrogens is 4. The predicted molar refractivity (Wildman–Crippen MR) is 101 cm³/mol. The Morgan fingerprint density at radius 3 is 2.50 bits per heavy atom. The third kappa shape index (κ3) is 4.82. The second kappa shape index (κ2) is 8.49. The molecular formula is C19H16F5N5O3. The number of carboxylic acids is 1. The minimum Gasteiger partial charge on any atom is -0.477 e. The van der Waals surface area contributed by atoms with E-state index in [1.807, 2.05) is 0 Å². The average molecular weight is 457 g/mol. The van der Waals surface area contributed by atoms with Gasteiger partial charge in [0.2, 0.25) is 0 Å². The highest BCUT2D eigenvalue weighted by Gasteiger charge is 2.49. The van der Waals surface area contributed by atoms with Gasteiger partial charge in [0.1, 0.15) is 17.2 Å². The molecule has 0 saturated carbocycles. The lowest BCUT2D eigenvalue weighted by atomic mass is 10.1. The Bertz CT molecular complexity index is 1150. The SMILES string of the molecule is CC(O)(CNc1nc(-c2cc(C(=O)O)n(Cc3ccccc3F)n2)ncc1F)C(F)(F)F. The van der Waals surface area contributed by atoms with Crippen molar-refractivity contribution in [3.63, 3.8) is 0 Å². The van der Waals surface area contributed by atoms with E-state index in [4.69, 9.17) is 0 Å². The number of carbonyl (C=O) groups is 1. The highest BCUT2D eigenvalue weighted by molar-refractivity contribution is 5.87. The van der Waals surface area contributed by atoms with Crippen LogP contribution in [-0.4, -0.2) is 54.3 Å². The first-order chi connectivity index (χ1) is 14.9. The predicted octanol–water partition coefficient (Wildman–Crippen LogP) is 3.09. The van der Waals surface area contributed by atoms with Crippen LogP contribution in [0.2, 0.25) is 0 Å². The summed E-state index contributed by atoms with van der Waals surface area (Å²) >= 11 is 0. The molecule has 0 bridgehead atoms. The molecule has 32 heavy (non-hydrogen) atoms. The van der Waals surface area contributed by atoms with Crippen molar-refractivity contribution in [2.24, 2.45) is 0 Å². The molecule has 2 aromatic heterocycles. The Hall–Kier alpha value is -3.61. The second-order valence-corrected chi connectivity index (χ2v) is 6.98. The molecule has 0 amide bonds. The molecule has 1 aromatic carbocycles. The number of aromatic carboxylic acids is 1. The maximum absolute atomic E-state index is 14.0. The molecule has 2 heterocycles. The smallest absolute Gasteiger partial charge is 0.418 e. The van der Waals surface area contributed by atoms with Crippen LogP contribution in [-0.2, 0) is 6.54 Å². The van der Waals surface area contributed by atoms with Crippen LogP contribution < -0.4 is 5.32 Å². The lowest BCUT2D eigenvalue weighted by Gasteiger charge is -2.26. The number of hydrogen-bond acceptors (Lipinski definition) is 6. The van der Waals surface area contributed by atoms with Crippen LogP contribution >= 0.6 is 0 Å². The van der Waals surface area contributed by atoms with Gasteiger partial charge in [-0.05, 0) is 13.0 Å². The minimum absolute atomic E-state index is 0.135. The first-order valence-corrected chi connectivity index (χ1v) is 8.99. The number of alkyl halides is 3. The van der Waals surface area contributed by atoms with Crippen molar-refractivity contribution in [1.82, 2.24) is 19.7 Å². The van der Waals surface area contributed by atoms with Crippen LogP contribution in [0.3, 0.4) is 0 Å². The van der Waals surface area contributed by atoms with Gasteiger partial charge in [-0.1, -0.05) is 18.2 Å². The lowest BCUT2D eigenvalue weighted by molar-refractivity contribution is -0.246. The molecule has 3 N–H and O–H groups in total. The fraction of sp³-hybridized carbons (Fsp3) is 0.263. The zero-order valence-electron chi connectivity index (χ0n) is 16.4. The second-order valence-electron chi connectivity index (χ2n) is 6.98. The molecular weight excluding hydrogens is 441 g/mol. The molecule has 0 spiro atoms. The van der Waals surface area contributed by atoms with Gasteiger partial charge in [0.15, 0.2) is 23.1 Å². The van der Waals surface area contributed by atoms with E-state index in [-0.39, 0.29) is 29.3 Å². The summed E-state index contributed by atoms with van der Waals surface area (Å²) in [6, 6.07) is 6.71. The van der Waals surface area contributed by atoms with Gasteiger partial charge in [0.25, 0.3) is 0 Å². The fourth-order valence-corrected chi connectivity index (χ4v) is 2.58. The monoisotopic (exact) mass is 457 g/mol. The summed E-state index contributed by atoms with van der Waals surface area (Å²) in [5.74, 6) is -4.02. The molecule has 170 valence electrons. The summed E-state index contributed by atoms with van der Waals surface area (Å²) in [6.07, 6.45) is -4.32. The van der Waals surface area contributed by atoms with Gasteiger partial charge in [-0.2, -0.15) is 18.3 Å². The Balaban J connectivity index is 1.92. The van der Waals surface area contributed by atoms with Crippen molar-refractivity contribution in [3.05, 3.63) is 59.4 Å². The van der Waals surface area contributed by atoms with Crippen molar-refractivity contribution < 1.29 is 37.0 Å². The first-order valence-electron chi connectivity index (χ1n) is 8.99. The van der Waals surface area contributed by atoms with Crippen molar-refractivity contribution in [3.8, 4) is 11.5 Å². The topological polar surface area (TPSA) is 113 Å². The highest BCUT2D eigenvalue weighted by atomic mass is 19.4. The number of benzene rings is 1. The Morgan fingerprint density at radius 2 is 1.88 bits per heavy atom. The summed E-state index contributed by atoms with van der Waals surface area (Å²) in [5.41, 5.74) is -3.49. The van der Waals surface area contributed by atoms with Gasteiger partial charge in [-0.25, -0.2) is 23.5 Å². The number of nitrogens with zero attached hydrogens (tertiary/aromatic N) is 4. The Labute approximate surface area is 177 Å². The van der Waals surface area contributed by atoms with Crippen LogP contribution in [0, 0.1) is 11.6 Å². The quantitative estimate of drug-likeness (QED) is 0.468. The summed E-state index contributed by atoms with van der Waals surface area (Å²) in [5, 5.41) is 25.0. The van der Waals surface area contributed by atoms with Crippen molar-refractivity contribution in [2.75, 3.05) is 11.9 Å². The molecule has 3 rings (SSSR count). The summed E-state index contributed by atoms with van der Waals surface area (Å²) in [6.45, 7) is -0.843. The minimum atomic E-state index is -4.98. The lowest BCUT2D eigenvalue weighted by Crippen LogP contribution is -2.47. The maximum atomic E-state index is 14.0. The van der Waals surface area contributed by atoms with Crippen LogP contribution in [0.5, 0.6) is 0 Å². The first kappa shape index (κ1) is 23.1. The number of nitrogens with one attached hydrogen (secondary N) is 1. The average Bonchev–Trinajstić information content (AvgIpc) is 3.12. The Kier molecular flexibility index (Phi) is 6.12. The number of anilines is 1. The van der Waals surface area contributed by atoms with E-state index in [9.17, 15) is 37.0 Å². The fourth-order valence-electron chi connectivity index (χ4n) is 2.58. The number of carboxylic acid groups (broad SMARTS) is 1. The van der Waals surface area contributed by atoms with Gasteiger partial charge in [0, 0.05) is 11.6 Å². The standard InChI is InChI=1S/C19H16F5N5O3/c1-18(32,19(22,23)24)9-26-15-12(21)7-25-16(27-15)13-6-14(17(30)31)29(28-13)8-10-4-2-3-5-11(10)20/h2-7,32H,8-9H2,1H3,(H,30,31)(H,25,26,27). The van der Waals surface area contributed by atoms with E-state index < -0.39 is 41.7 Å². The Morgan fingerprint density at radius 1 is 1.19 bits per heavy atom. The van der Waals surface area contributed by atoms with E-state index >= 15 is 0 Å². The summed E-state index contributed by atoms with van der Waals surface area (Å²) < 4.78 is 67.3. The number of halogens is 5. The molecule has 3 aromatic rings. The van der Waals surface area contributed by atoms with E-state index in [1.54, 1.807) is 6.07 Å². The molecule has 0 saturated heterocycles. The van der Waals surface area contributed by atoms with Crippen LogP contribution in [0.25, 0.3) is 11.5 Å². The third-order valence-electron chi connectivity index (χ3n) is 4.46. The summed E-state index contributed by atoms with van der Waals surface area (Å²) in [4.78, 5) is 19.0. The molecule has 1 unspecified atom stereocenters. The molecule has 0 radical (unpaired) electrons. The van der Waals surface area contributed by atoms with Crippen molar-refractivity contribution >= 4 is 11.8 Å². The van der Waals surface area contributed by atoms with Crippen molar-refractivity contribution in [1.29, 1.82) is 0 Å². The van der Waals surface area contributed by atoms with Crippen LogP contribution in [0.1, 0.15) is 23.0 Å². The largest absolute Gasteiger partial charge is 0.477 e. The van der Waals surface area contributed by atoms with Gasteiger partial charge in [-0.15, -0.1) is 0 Å². The summed E-state index contributed by atoms with van der Waals surface area (Å²) in [7, 11) is 0. The van der Waals surface area contributed by atoms with Gasteiger partial charge in [0.05, 0.1) is 19.3 Å². The van der Waals surface area contributed by atoms with Gasteiger partial charge >= 0.3 is 12.1 Å². The highest BCUT2D eigenvalue weighted by Crippen LogP contribution is 2.30. The molecule has 13 heteroatoms. The molecule has 8 nitrogen and oxygen atoms in total. The van der Waals surface area contributed by atoms with Crippen molar-refractivity contribution in [2.45, 2.75) is 25.2 Å². The molecule has 0 aliphatic heterocycles. The number of hydrogen-bond donors (Lipinski definition) is 3. The number of rotatable bonds is 7. The van der Waals surface area contributed by atoms with E-state index in [0.717, 1.165) is 10.7 Å². The van der Waals surface area contributed by atoms with E-state index in [0.29, 0.717) is 13.1 Å². The van der Waals surface area contributed by atoms with Gasteiger partial charge < -0.3 is 15.5 Å². The maximum Gasteiger partial charge on any atom is 0.418 e. The zero-order chi connectivity index (χ0) is 23.7. The molecule has 0 aliphatic carbocycles. The van der Waals surface area contributed by atoms with Gasteiger partial charge in [-0.3, -0.25) is 4.68 Å². The third-order valence-corrected chi connectivity index (χ3v) is 4.46. The van der Waals surface area contributed by atoms with Crippen LogP contribution in [0.15, 0.2) is 36.5 Å². The normalized spacial score (nSPS) is 13.6. The zero-order valence-corrected chi connectivity index (χ0v) is 16.4. The number of aliphatic hydroxyl groups is 1. The molecule has 1 atom stereocenters. The van der Waals surface area contributed by atoms with Crippen LogP contribution in [0.4, 0.5) is 27.8 Å². The van der Waals surface area contributed by atoms with E-state index in [1.165, 1.54) is 18.2 Å². The van der Waals surface area contributed by atoms with E-state index in [2.05, 4.69) is 20.4 Å².